The lowest BCUT2D eigenvalue weighted by Crippen LogP contribution is -2.38. The van der Waals surface area contributed by atoms with E-state index in [1.807, 2.05) is 84.9 Å². The van der Waals surface area contributed by atoms with Crippen molar-refractivity contribution in [2.45, 2.75) is 12.5 Å². The number of rotatable bonds is 6. The van der Waals surface area contributed by atoms with Crippen molar-refractivity contribution in [3.8, 4) is 0 Å². The molecule has 6 heteroatoms. The van der Waals surface area contributed by atoms with Gasteiger partial charge in [0.1, 0.15) is 22.7 Å². The smallest absolute Gasteiger partial charge is 0.345 e. The van der Waals surface area contributed by atoms with Crippen LogP contribution in [0.15, 0.2) is 101 Å². The lowest BCUT2D eigenvalue weighted by atomic mass is 9.76. The maximum absolute atomic E-state index is 12.8. The predicted octanol–water partition coefficient (Wildman–Crippen LogP) is 5.42. The number of esters is 1. The van der Waals surface area contributed by atoms with E-state index >= 15 is 0 Å². The molecule has 0 radical (unpaired) electrons. The Balaban J connectivity index is 2.07. The third-order valence-corrected chi connectivity index (χ3v) is 5.62. The molecular weight excluding hydrogens is 424 g/mol. The molecule has 0 atom stereocenters. The number of para-hydroxylation sites is 1. The number of anilines is 1. The lowest BCUT2D eigenvalue weighted by molar-refractivity contribution is -0.138. The summed E-state index contributed by atoms with van der Waals surface area (Å²) in [5.41, 5.74) is 2.51. The van der Waals surface area contributed by atoms with Crippen molar-refractivity contribution in [2.75, 3.05) is 17.8 Å². The molecule has 0 bridgehead atoms. The molecule has 1 heterocycles. The summed E-state index contributed by atoms with van der Waals surface area (Å²) in [6.45, 7) is 1.86. The quantitative estimate of drug-likeness (QED) is 0.229. The summed E-state index contributed by atoms with van der Waals surface area (Å²) in [5.74, 6) is -1.04. The van der Waals surface area contributed by atoms with Crippen LogP contribution < -0.4 is 5.32 Å². The first kappa shape index (κ1) is 21.7. The van der Waals surface area contributed by atoms with Crippen molar-refractivity contribution in [3.63, 3.8) is 0 Å². The van der Waals surface area contributed by atoms with Crippen molar-refractivity contribution in [1.82, 2.24) is 0 Å². The number of hydrogen-bond acceptors (Lipinski definition) is 5. The van der Waals surface area contributed by atoms with E-state index in [4.69, 9.17) is 21.3 Å². The van der Waals surface area contributed by atoms with Crippen molar-refractivity contribution < 1.29 is 14.6 Å². The highest BCUT2D eigenvalue weighted by Gasteiger charge is 2.42. The zero-order chi connectivity index (χ0) is 22.6. The fourth-order valence-electron chi connectivity index (χ4n) is 4.00. The molecule has 0 aromatic heterocycles. The van der Waals surface area contributed by atoms with Gasteiger partial charge in [0.2, 0.25) is 0 Å². The van der Waals surface area contributed by atoms with Crippen LogP contribution in [0.2, 0.25) is 0 Å². The van der Waals surface area contributed by atoms with Crippen molar-refractivity contribution >= 4 is 29.1 Å². The van der Waals surface area contributed by atoms with Gasteiger partial charge in [0, 0.05) is 11.3 Å². The van der Waals surface area contributed by atoms with Crippen LogP contribution >= 0.6 is 11.6 Å². The van der Waals surface area contributed by atoms with E-state index < -0.39 is 11.5 Å². The highest BCUT2D eigenvalue weighted by molar-refractivity contribution is 6.27. The van der Waals surface area contributed by atoms with Crippen LogP contribution in [-0.2, 0) is 15.1 Å². The van der Waals surface area contributed by atoms with Gasteiger partial charge in [-0.3, -0.25) is 0 Å². The predicted molar refractivity (Wildman–Crippen MR) is 127 cm³/mol. The van der Waals surface area contributed by atoms with E-state index in [0.717, 1.165) is 22.4 Å². The maximum atomic E-state index is 12.8. The van der Waals surface area contributed by atoms with E-state index in [0.29, 0.717) is 0 Å². The largest absolute Gasteiger partial charge is 0.510 e. The number of nitrogens with one attached hydrogen (secondary N) is 1. The molecule has 0 spiro atoms. The maximum Gasteiger partial charge on any atom is 0.345 e. The number of amidine groups is 1. The molecule has 0 amide bonds. The first-order valence-corrected chi connectivity index (χ1v) is 10.9. The Bertz CT molecular complexity index is 1130. The summed E-state index contributed by atoms with van der Waals surface area (Å²) in [6.07, 6.45) is 0. The molecule has 3 aromatic rings. The van der Waals surface area contributed by atoms with Crippen LogP contribution in [0.5, 0.6) is 0 Å². The number of carbonyl (C=O) groups excluding carboxylic acids is 1. The zero-order valence-electron chi connectivity index (χ0n) is 17.6. The third kappa shape index (κ3) is 3.76. The van der Waals surface area contributed by atoms with Crippen molar-refractivity contribution in [3.05, 3.63) is 113 Å². The number of benzene rings is 3. The van der Waals surface area contributed by atoms with Gasteiger partial charge in [-0.1, -0.05) is 78.9 Å². The zero-order valence-corrected chi connectivity index (χ0v) is 18.3. The van der Waals surface area contributed by atoms with Gasteiger partial charge in [0.05, 0.1) is 12.5 Å². The number of aliphatic hydroxyl groups is 1. The molecule has 2 N–H and O–H groups in total. The first-order chi connectivity index (χ1) is 15.6. The number of alkyl halides is 1. The van der Waals surface area contributed by atoms with Crippen LogP contribution in [0.4, 0.5) is 5.69 Å². The molecule has 0 saturated heterocycles. The number of fused-ring (bicyclic) bond motifs is 1. The Morgan fingerprint density at radius 1 is 0.969 bits per heavy atom. The van der Waals surface area contributed by atoms with Gasteiger partial charge >= 0.3 is 5.97 Å². The SMILES string of the molecule is CCOC(=O)/C(C1=NC(c2ccccc2)(c2ccccc2)c2ccccc2N1)=C(/O)CCl. The minimum atomic E-state index is -0.954. The van der Waals surface area contributed by atoms with Crippen LogP contribution in [0.1, 0.15) is 23.6 Å². The van der Waals surface area contributed by atoms with E-state index in [-0.39, 0.29) is 29.7 Å². The molecule has 162 valence electrons. The topological polar surface area (TPSA) is 70.9 Å². The van der Waals surface area contributed by atoms with E-state index in [1.165, 1.54) is 0 Å². The minimum absolute atomic E-state index is 0.0763. The fraction of sp³-hybridized carbons (Fsp3) is 0.154. The molecule has 3 aromatic carbocycles. The second-order valence-corrected chi connectivity index (χ2v) is 7.52. The van der Waals surface area contributed by atoms with E-state index in [2.05, 4.69) is 5.32 Å². The molecular formula is C26H23ClN2O3. The second-order valence-electron chi connectivity index (χ2n) is 7.25. The summed E-state index contributed by atoms with van der Waals surface area (Å²) >= 11 is 5.92. The molecule has 0 aliphatic carbocycles. The van der Waals surface area contributed by atoms with Gasteiger partial charge < -0.3 is 15.2 Å². The molecule has 4 rings (SSSR count). The first-order valence-electron chi connectivity index (χ1n) is 10.3. The van der Waals surface area contributed by atoms with Crippen LogP contribution in [-0.4, -0.2) is 29.4 Å². The lowest BCUT2D eigenvalue weighted by Gasteiger charge is -2.38. The summed E-state index contributed by atoms with van der Waals surface area (Å²) < 4.78 is 5.21. The Morgan fingerprint density at radius 3 is 2.09 bits per heavy atom. The number of carbonyl (C=O) groups is 1. The number of allylic oxidation sites excluding steroid dienone is 1. The third-order valence-electron chi connectivity index (χ3n) is 5.36. The van der Waals surface area contributed by atoms with Crippen LogP contribution in [0.3, 0.4) is 0 Å². The summed E-state index contributed by atoms with van der Waals surface area (Å²) in [4.78, 5) is 17.9. The van der Waals surface area contributed by atoms with E-state index in [1.54, 1.807) is 6.92 Å². The second kappa shape index (κ2) is 9.28. The summed E-state index contributed by atoms with van der Waals surface area (Å²) in [7, 11) is 0. The standard InChI is InChI=1S/C26H23ClN2O3/c1-2-32-25(31)23(22(30)17-27)24-28-21-16-10-9-15-20(21)26(29-24,18-11-5-3-6-12-18)19-13-7-4-8-14-19/h3-16,30H,2,17H2,1H3,(H,28,29)/b23-22+. The van der Waals surface area contributed by atoms with Crippen LogP contribution in [0.25, 0.3) is 0 Å². The Morgan fingerprint density at radius 2 is 1.53 bits per heavy atom. The number of nitrogens with zero attached hydrogens (tertiary/aromatic N) is 1. The molecule has 1 aliphatic heterocycles. The highest BCUT2D eigenvalue weighted by atomic mass is 35.5. The molecule has 5 nitrogen and oxygen atoms in total. The Labute approximate surface area is 192 Å². The normalized spacial score (nSPS) is 15.0. The molecule has 0 unspecified atom stereocenters. The average molecular weight is 447 g/mol. The fourth-order valence-corrected chi connectivity index (χ4v) is 4.13. The number of halogens is 1. The van der Waals surface area contributed by atoms with Gasteiger partial charge in [0.25, 0.3) is 0 Å². The summed E-state index contributed by atoms with van der Waals surface area (Å²) in [5, 5.41) is 13.8. The van der Waals surface area contributed by atoms with Crippen molar-refractivity contribution in [2.24, 2.45) is 4.99 Å². The molecule has 32 heavy (non-hydrogen) atoms. The molecule has 0 saturated carbocycles. The number of hydrogen-bond donors (Lipinski definition) is 2. The monoisotopic (exact) mass is 446 g/mol. The van der Waals surface area contributed by atoms with Crippen LogP contribution in [0, 0.1) is 0 Å². The number of aliphatic hydroxyl groups excluding tert-OH is 1. The molecule has 0 fully saturated rings. The number of aliphatic imine (C=N–C) groups is 1. The highest BCUT2D eigenvalue weighted by Crippen LogP contribution is 2.46. The van der Waals surface area contributed by atoms with Gasteiger partial charge in [0.15, 0.2) is 0 Å². The van der Waals surface area contributed by atoms with Gasteiger partial charge in [-0.15, -0.1) is 11.6 Å². The van der Waals surface area contributed by atoms with E-state index in [9.17, 15) is 9.90 Å². The summed E-state index contributed by atoms with van der Waals surface area (Å²) in [6, 6.07) is 27.5. The van der Waals surface area contributed by atoms with Gasteiger partial charge in [-0.2, -0.15) is 0 Å². The van der Waals surface area contributed by atoms with Gasteiger partial charge in [-0.25, -0.2) is 9.79 Å². The average Bonchev–Trinajstić information content (AvgIpc) is 2.84. The Hall–Kier alpha value is -3.57. The van der Waals surface area contributed by atoms with Gasteiger partial charge in [-0.05, 0) is 24.1 Å². The number of ether oxygens (including phenoxy) is 1. The molecule has 1 aliphatic rings. The Kier molecular flexibility index (Phi) is 6.28. The van der Waals surface area contributed by atoms with Crippen molar-refractivity contribution in [1.29, 1.82) is 0 Å². The minimum Gasteiger partial charge on any atom is -0.510 e.